The van der Waals surface area contributed by atoms with Gasteiger partial charge in [-0.05, 0) is 19.9 Å². The fourth-order valence-electron chi connectivity index (χ4n) is 1.59. The largest absolute Gasteiger partial charge is 0.327 e. The van der Waals surface area contributed by atoms with E-state index in [1.165, 1.54) is 0 Å². The molecule has 0 aliphatic carbocycles. The Bertz CT molecular complexity index is 585. The van der Waals surface area contributed by atoms with Crippen LogP contribution in [0.1, 0.15) is 24.2 Å². The van der Waals surface area contributed by atoms with E-state index in [1.54, 1.807) is 13.8 Å². The van der Waals surface area contributed by atoms with Crippen LogP contribution in [0.2, 0.25) is 0 Å². The van der Waals surface area contributed by atoms with Gasteiger partial charge in [-0.1, -0.05) is 0 Å². The van der Waals surface area contributed by atoms with Crippen LogP contribution in [0.5, 0.6) is 0 Å². The van der Waals surface area contributed by atoms with E-state index in [9.17, 15) is 17.6 Å². The number of carbonyl (C=O) groups excluding carboxylic acids is 1. The summed E-state index contributed by atoms with van der Waals surface area (Å²) >= 11 is 0. The molecule has 6 nitrogen and oxygen atoms in total. The smallest absolute Gasteiger partial charge is 0.268 e. The third kappa shape index (κ3) is 1.84. The highest BCUT2D eigenvalue weighted by Gasteiger charge is 2.38. The van der Waals surface area contributed by atoms with Crippen LogP contribution in [0, 0.1) is 5.82 Å². The monoisotopic (exact) mass is 259 g/mol. The van der Waals surface area contributed by atoms with Crippen LogP contribution in [-0.4, -0.2) is 29.7 Å². The van der Waals surface area contributed by atoms with Crippen LogP contribution in [-0.2, 0) is 10.2 Å². The van der Waals surface area contributed by atoms with Gasteiger partial charge in [-0.2, -0.15) is 8.42 Å². The molecule has 1 aromatic rings. The van der Waals surface area contributed by atoms with Gasteiger partial charge in [0.2, 0.25) is 0 Å². The number of nitrogens with one attached hydrogen (secondary N) is 1. The van der Waals surface area contributed by atoms with Crippen molar-refractivity contribution in [1.82, 2.24) is 9.29 Å². The first-order valence-corrected chi connectivity index (χ1v) is 6.29. The molecular weight excluding hydrogens is 249 g/mol. The zero-order valence-electron chi connectivity index (χ0n) is 9.14. The Kier molecular flexibility index (Phi) is 2.53. The predicted octanol–water partition coefficient (Wildman–Crippen LogP) is 0.742. The minimum absolute atomic E-state index is 0.0893. The van der Waals surface area contributed by atoms with Gasteiger partial charge in [0, 0.05) is 6.04 Å². The van der Waals surface area contributed by atoms with E-state index in [-0.39, 0.29) is 11.4 Å². The molecule has 0 radical (unpaired) electrons. The lowest BCUT2D eigenvalue weighted by atomic mass is 10.2. The third-order valence-corrected chi connectivity index (χ3v) is 3.80. The molecule has 1 aliphatic heterocycles. The van der Waals surface area contributed by atoms with Crippen molar-refractivity contribution in [3.05, 3.63) is 23.6 Å². The highest BCUT2D eigenvalue weighted by molar-refractivity contribution is 7.91. The Morgan fingerprint density at radius 1 is 1.47 bits per heavy atom. The van der Waals surface area contributed by atoms with Crippen LogP contribution >= 0.6 is 0 Å². The first-order valence-electron chi connectivity index (χ1n) is 4.85. The van der Waals surface area contributed by atoms with Crippen molar-refractivity contribution < 1.29 is 17.6 Å². The van der Waals surface area contributed by atoms with Gasteiger partial charge in [0.05, 0.1) is 11.8 Å². The number of rotatable bonds is 1. The molecule has 0 spiro atoms. The molecule has 0 atom stereocenters. The van der Waals surface area contributed by atoms with Gasteiger partial charge >= 0.3 is 10.2 Å². The topological polar surface area (TPSA) is 79.4 Å². The number of aromatic nitrogens is 1. The van der Waals surface area contributed by atoms with E-state index in [2.05, 4.69) is 9.71 Å². The highest BCUT2D eigenvalue weighted by Crippen LogP contribution is 2.26. The molecule has 1 aliphatic rings. The fourth-order valence-corrected chi connectivity index (χ4v) is 2.97. The van der Waals surface area contributed by atoms with Crippen LogP contribution in [0.15, 0.2) is 12.3 Å². The average molecular weight is 259 g/mol. The summed E-state index contributed by atoms with van der Waals surface area (Å²) in [5, 5.41) is 0. The van der Waals surface area contributed by atoms with E-state index < -0.39 is 28.0 Å². The first-order chi connectivity index (χ1) is 7.83. The second kappa shape index (κ2) is 3.66. The lowest BCUT2D eigenvalue weighted by Crippen LogP contribution is -2.48. The van der Waals surface area contributed by atoms with Crippen molar-refractivity contribution in [2.75, 3.05) is 4.72 Å². The molecule has 0 fully saturated rings. The normalized spacial score (nSPS) is 17.9. The van der Waals surface area contributed by atoms with Gasteiger partial charge in [0.1, 0.15) is 5.82 Å². The number of carbonyl (C=O) groups is 1. The number of pyridine rings is 1. The molecule has 2 heterocycles. The van der Waals surface area contributed by atoms with Crippen molar-refractivity contribution in [3.63, 3.8) is 0 Å². The quantitative estimate of drug-likeness (QED) is 0.806. The van der Waals surface area contributed by atoms with Gasteiger partial charge in [0.15, 0.2) is 5.82 Å². The van der Waals surface area contributed by atoms with Crippen molar-refractivity contribution in [1.29, 1.82) is 0 Å². The summed E-state index contributed by atoms with van der Waals surface area (Å²) in [4.78, 5) is 15.5. The standard InChI is InChI=1S/C9H10FN3O3S/c1-5(2)13-9(14)7-3-6(10)4-11-8(7)12-17(13,15)16/h3-5H,1-2H3,(H,11,12). The molecule has 1 amide bonds. The lowest BCUT2D eigenvalue weighted by molar-refractivity contribution is 0.0833. The second-order valence-electron chi connectivity index (χ2n) is 3.85. The van der Waals surface area contributed by atoms with E-state index in [0.717, 1.165) is 12.3 Å². The van der Waals surface area contributed by atoms with E-state index in [4.69, 9.17) is 0 Å². The summed E-state index contributed by atoms with van der Waals surface area (Å²) in [6, 6.07) is 0.401. The minimum Gasteiger partial charge on any atom is -0.268 e. The highest BCUT2D eigenvalue weighted by atomic mass is 32.2. The van der Waals surface area contributed by atoms with Crippen molar-refractivity contribution in [2.24, 2.45) is 0 Å². The Hall–Kier alpha value is -1.70. The SMILES string of the molecule is CC(C)N1C(=O)c2cc(F)cnc2NS1(=O)=O. The molecule has 0 aromatic carbocycles. The molecule has 17 heavy (non-hydrogen) atoms. The lowest BCUT2D eigenvalue weighted by Gasteiger charge is -2.30. The zero-order chi connectivity index (χ0) is 12.8. The molecule has 0 unspecified atom stereocenters. The summed E-state index contributed by atoms with van der Waals surface area (Å²) < 4.78 is 39.2. The molecular formula is C9H10FN3O3S. The number of anilines is 1. The van der Waals surface area contributed by atoms with Crippen LogP contribution in [0.25, 0.3) is 0 Å². The first kappa shape index (κ1) is 11.8. The molecule has 8 heteroatoms. The molecule has 0 saturated heterocycles. The van der Waals surface area contributed by atoms with Crippen molar-refractivity contribution >= 4 is 21.9 Å². The predicted molar refractivity (Wildman–Crippen MR) is 58.0 cm³/mol. The van der Waals surface area contributed by atoms with Crippen LogP contribution in [0.3, 0.4) is 0 Å². The van der Waals surface area contributed by atoms with E-state index in [0.29, 0.717) is 4.31 Å². The van der Waals surface area contributed by atoms with Gasteiger partial charge in [-0.3, -0.25) is 4.79 Å². The summed E-state index contributed by atoms with van der Waals surface area (Å²) in [7, 11) is -3.95. The Balaban J connectivity index is 2.62. The fraction of sp³-hybridized carbons (Fsp3) is 0.333. The maximum absolute atomic E-state index is 13.0. The number of hydrogen-bond acceptors (Lipinski definition) is 4. The molecule has 0 bridgehead atoms. The maximum Gasteiger partial charge on any atom is 0.327 e. The van der Waals surface area contributed by atoms with Crippen LogP contribution in [0.4, 0.5) is 10.2 Å². The number of nitrogens with zero attached hydrogens (tertiary/aromatic N) is 2. The number of fused-ring (bicyclic) bond motifs is 1. The number of amides is 1. The van der Waals surface area contributed by atoms with Gasteiger partial charge in [-0.15, -0.1) is 0 Å². The van der Waals surface area contributed by atoms with Gasteiger partial charge in [-0.25, -0.2) is 18.4 Å². The summed E-state index contributed by atoms with van der Waals surface area (Å²) in [6.07, 6.45) is 0.847. The van der Waals surface area contributed by atoms with Crippen molar-refractivity contribution in [3.8, 4) is 0 Å². The van der Waals surface area contributed by atoms with Gasteiger partial charge in [0.25, 0.3) is 5.91 Å². The van der Waals surface area contributed by atoms with E-state index in [1.807, 2.05) is 0 Å². The summed E-state index contributed by atoms with van der Waals surface area (Å²) in [5.74, 6) is -1.61. The Morgan fingerprint density at radius 3 is 2.71 bits per heavy atom. The molecule has 0 saturated carbocycles. The Labute approximate surface area is 97.6 Å². The van der Waals surface area contributed by atoms with E-state index >= 15 is 0 Å². The number of halogens is 1. The molecule has 92 valence electrons. The van der Waals surface area contributed by atoms with Crippen LogP contribution < -0.4 is 4.72 Å². The molecule has 2 rings (SSSR count). The summed E-state index contributed by atoms with van der Waals surface area (Å²) in [5.41, 5.74) is -0.0893. The van der Waals surface area contributed by atoms with Crippen molar-refractivity contribution in [2.45, 2.75) is 19.9 Å². The average Bonchev–Trinajstić information content (AvgIpc) is 2.17. The molecule has 1 aromatic heterocycles. The Morgan fingerprint density at radius 2 is 2.12 bits per heavy atom. The second-order valence-corrected chi connectivity index (χ2v) is 5.40. The summed E-state index contributed by atoms with van der Waals surface area (Å²) in [6.45, 7) is 3.10. The molecule has 1 N–H and O–H groups in total. The minimum atomic E-state index is -3.95. The number of hydrogen-bond donors (Lipinski definition) is 1. The zero-order valence-corrected chi connectivity index (χ0v) is 9.95. The maximum atomic E-state index is 13.0. The third-order valence-electron chi connectivity index (χ3n) is 2.24. The van der Waals surface area contributed by atoms with Gasteiger partial charge < -0.3 is 0 Å².